The number of carbonyl (C=O) groups excluding carboxylic acids is 2. The summed E-state index contributed by atoms with van der Waals surface area (Å²) in [6.45, 7) is -26.4. The number of anilines is 4. The molecule has 0 spiro atoms. The minimum Gasteiger partial charge on any atom is -0.397 e. The highest BCUT2D eigenvalue weighted by Crippen LogP contribution is 2.62. The molecule has 6 unspecified atom stereocenters. The van der Waals surface area contributed by atoms with Gasteiger partial charge in [-0.25, -0.2) is 80.3 Å². The van der Waals surface area contributed by atoms with Crippen molar-refractivity contribution in [2.45, 2.75) is 168 Å². The van der Waals surface area contributed by atoms with Crippen molar-refractivity contribution in [2.24, 2.45) is 9.98 Å². The SMILES string of the molecule is C.Nc1nc2c(ncn2[C@@H]2O[C@@H]3COP(=O)(O)O[C@H]4[C@H](F)[C@H](n5cnc6c(N)ccnc65)O[C@@H]4COP(O)(=S)O[C@@H]2[C@@H]3F)c(=O)[nH]1.Nc1nc2c(ncn2[C@@H]2O[C@@H]3COP(O)(=S)O[C@H]4[C@H](F)[C@H](n5cnc6c5N=CCC6=O)O[C@@H]4COP(=O)(S)O[C@@H]2[C@@H]3F)c(=O)[nH]1.Nc1nc2c(ncn2[C@@H]2O[C@@H]3COP(O)(=S)O[C@H]4[C@H](F)[C@H](n5cnc6c5N=CCC6=O)O[C@@H]4COP(O)(=S)O[C@@H]2[C@@H]3F)c(=O)[nH]1. The Morgan fingerprint density at radius 2 is 0.691 bits per heavy atom. The number of Topliss-reactive ketones (excluding diaryl/α,β-unsaturated/α-hetero) is 2. The lowest BCUT2D eigenvalue weighted by molar-refractivity contribution is -0.0630. The molecule has 0 amide bonds. The van der Waals surface area contributed by atoms with E-state index in [4.69, 9.17) is 153 Å². The van der Waals surface area contributed by atoms with Crippen molar-refractivity contribution in [3.63, 3.8) is 0 Å². The first-order chi connectivity index (χ1) is 63.9. The van der Waals surface area contributed by atoms with E-state index in [1.54, 1.807) is 0 Å². The van der Waals surface area contributed by atoms with Gasteiger partial charge >= 0.3 is 41.5 Å². The monoisotopic (exact) mass is 2130 g/mol. The lowest BCUT2D eigenvalue weighted by Crippen LogP contribution is -2.34. The molecule has 9 saturated heterocycles. The molecule has 0 radical (unpaired) electrons. The average molecular weight is 2130 g/mol. The predicted octanol–water partition coefficient (Wildman–Crippen LogP) is 3.01. The Labute approximate surface area is 778 Å². The van der Waals surface area contributed by atoms with E-state index < -0.39 is 245 Å². The van der Waals surface area contributed by atoms with E-state index in [1.807, 2.05) is 0 Å². The lowest BCUT2D eigenvalue weighted by Gasteiger charge is -2.27. The molecule has 10 aromatic rings. The van der Waals surface area contributed by atoms with Gasteiger partial charge in [0.05, 0.1) is 83.3 Å². The maximum absolute atomic E-state index is 16.0. The summed E-state index contributed by atoms with van der Waals surface area (Å²) in [5.41, 5.74) is 20.7. The van der Waals surface area contributed by atoms with Crippen LogP contribution in [0.5, 0.6) is 0 Å². The number of pyridine rings is 1. The van der Waals surface area contributed by atoms with Gasteiger partial charge in [-0.1, -0.05) is 19.7 Å². The standard InChI is InChI=1S/C21H23F2N9O10P2S.2C21H22F2N8O10P2S2.CH4/c22-10-8-3-37-43(34,35)41-14-9(40-19(11(14)23)31-5-27-12-7(24)1-2-26-16(12)31)4-38-44(36,45)42-15(10)20(39-8)32-6-28-13-17(32)29-21(25)30-18(13)33;2*22-10-8-3-36-42(34,44)40-14-9(39-19(11(14)23)30-5-26-12-7(32)1-2-25-16(12)30)4-37-43(35,45)41-15(10)20(38-8)31-6-27-13-17(31)28-21(24)29-18(13)33;/h1-2,5-6,8-11,14-15,19-20H,3-4H2,(H2,24,26)(H,34,35)(H,36,45)(H3,25,29,30,33);2*2,5-6,8-11,14-15,19-20H,1,3-4H2,(H,34,44)(H,35,45)(H3,24,28,29,33);1H4/t8-,9-,10-,11+,14-,15-,19-,20-,44?;2*8-,9-,10-,11+,14-,15-,19-,20-,42?,43?;/m111./s1. The number of ether oxygens (including phenoxy) is 6. The van der Waals surface area contributed by atoms with Crippen molar-refractivity contribution in [3.05, 3.63) is 92.7 Å². The number of halogens is 6. The molecule has 0 aromatic carbocycles. The first kappa shape index (κ1) is 98.2. The van der Waals surface area contributed by atoms with E-state index in [2.05, 4.69) is 87.0 Å². The molecule has 136 heavy (non-hydrogen) atoms. The number of alkyl halides is 6. The molecule has 21 rings (SSSR count). The summed E-state index contributed by atoms with van der Waals surface area (Å²) in [6.07, 6.45) is -29.8. The minimum atomic E-state index is -5.14. The predicted molar refractivity (Wildman–Crippen MR) is 465 cm³/mol. The van der Waals surface area contributed by atoms with E-state index >= 15 is 26.3 Å². The van der Waals surface area contributed by atoms with Gasteiger partial charge in [-0.15, -0.1) is 0 Å². The Hall–Kier alpha value is -7.96. The molecule has 55 nitrogen and oxygen atoms in total. The number of hydrogen-bond donors (Lipinski definition) is 13. The largest absolute Gasteiger partial charge is 0.472 e. The third-order valence-electron chi connectivity index (χ3n) is 22.1. The number of aromatic nitrogens is 19. The molecule has 10 aromatic heterocycles. The quantitative estimate of drug-likeness (QED) is 0.0646. The Morgan fingerprint density at radius 3 is 1.08 bits per heavy atom. The van der Waals surface area contributed by atoms with Crippen LogP contribution in [0.2, 0.25) is 0 Å². The van der Waals surface area contributed by atoms with Gasteiger partial charge in [0.15, 0.2) is 148 Å². The molecule has 9 fully saturated rings. The average Bonchev–Trinajstić information content (AvgIpc) is 1.43. The maximum Gasteiger partial charge on any atom is 0.472 e. The molecule has 72 heteroatoms. The zero-order valence-electron chi connectivity index (χ0n) is 67.1. The number of phosphoric ester groups is 1. The fourth-order valence-electron chi connectivity index (χ4n) is 16.0. The van der Waals surface area contributed by atoms with Gasteiger partial charge in [0.25, 0.3) is 16.7 Å². The maximum atomic E-state index is 16.0. The summed E-state index contributed by atoms with van der Waals surface area (Å²) in [4.78, 5) is 171. The van der Waals surface area contributed by atoms with E-state index in [9.17, 15) is 57.6 Å². The number of rotatable bonds is 6. The molecule has 16 N–H and O–H groups in total. The Kier molecular flexibility index (Phi) is 27.1. The fraction of sp³-hybridized carbons (Fsp3) is 0.516. The smallest absolute Gasteiger partial charge is 0.397 e. The number of aliphatic imine (C=N–C) groups is 2. The second-order valence-corrected chi connectivity index (χ2v) is 46.1. The van der Waals surface area contributed by atoms with Crippen molar-refractivity contribution in [3.8, 4) is 0 Å². The molecule has 21 heterocycles. The Bertz CT molecular complexity index is 6710. The van der Waals surface area contributed by atoms with Crippen molar-refractivity contribution >= 4 is 205 Å². The summed E-state index contributed by atoms with van der Waals surface area (Å²) in [5, 5.41) is 0. The number of nitrogen functional groups attached to an aromatic ring is 4. The van der Waals surface area contributed by atoms with Crippen LogP contribution in [0.1, 0.15) is 78.6 Å². The molecule has 11 aliphatic heterocycles. The number of nitrogens with zero attached hydrogens (tertiary/aromatic N) is 18. The second kappa shape index (κ2) is 37.5. The van der Waals surface area contributed by atoms with Crippen LogP contribution >= 0.6 is 53.7 Å². The molecule has 0 aliphatic carbocycles. The van der Waals surface area contributed by atoms with Gasteiger partial charge in [0, 0.05) is 31.5 Å². The molecule has 11 aliphatic rings. The number of aromatic amines is 3. The van der Waals surface area contributed by atoms with Crippen LogP contribution in [0.15, 0.2) is 74.6 Å². The summed E-state index contributed by atoms with van der Waals surface area (Å²) >= 11 is 24.5. The number of fused-ring (bicyclic) bond motifs is 15. The second-order valence-electron chi connectivity index (χ2n) is 30.6. The number of phosphoric acid groups is 1. The molecular weight excluding hydrogens is 2060 g/mol. The number of thiol groups is 1. The fourth-order valence-corrected chi connectivity index (χ4v) is 24.1. The minimum absolute atomic E-state index is 0. The van der Waals surface area contributed by atoms with E-state index in [0.29, 0.717) is 0 Å². The highest BCUT2D eigenvalue weighted by atomic mass is 32.7. The van der Waals surface area contributed by atoms with Gasteiger partial charge in [-0.05, 0) is 53.3 Å². The van der Waals surface area contributed by atoms with Crippen molar-refractivity contribution in [1.29, 1.82) is 0 Å². The third kappa shape index (κ3) is 19.0. The highest BCUT2D eigenvalue weighted by molar-refractivity contribution is 8.44. The van der Waals surface area contributed by atoms with Crippen molar-refractivity contribution in [1.82, 2.24) is 92.2 Å². The summed E-state index contributed by atoms with van der Waals surface area (Å²) in [5.74, 6) is -1.40. The molecule has 734 valence electrons. The van der Waals surface area contributed by atoms with E-state index in [0.717, 1.165) is 39.0 Å². The van der Waals surface area contributed by atoms with Gasteiger partial charge in [-0.3, -0.25) is 103 Å². The topological polar surface area (TPSA) is 721 Å². The summed E-state index contributed by atoms with van der Waals surface area (Å²) < 4.78 is 228. The van der Waals surface area contributed by atoms with Crippen LogP contribution < -0.4 is 39.6 Å². The number of nitrogens with two attached hydrogens (primary N) is 4. The first-order valence-corrected chi connectivity index (χ1v) is 53.7. The number of nitrogens with one attached hydrogen (secondary N) is 3. The van der Waals surface area contributed by atoms with Crippen LogP contribution in [0.3, 0.4) is 0 Å². The number of hydrogen-bond acceptors (Lipinski definition) is 45. The number of imidazole rings is 6. The molecular formula is C64H71F6N25O30P6S5. The van der Waals surface area contributed by atoms with Crippen LogP contribution in [0.25, 0.3) is 44.7 Å². The van der Waals surface area contributed by atoms with Crippen LogP contribution in [-0.2, 0) is 139 Å². The zero-order chi connectivity index (χ0) is 95.5. The van der Waals surface area contributed by atoms with Crippen LogP contribution in [-0.4, -0.2) is 291 Å². The van der Waals surface area contributed by atoms with Crippen LogP contribution in [0, 0.1) is 0 Å². The highest BCUT2D eigenvalue weighted by Gasteiger charge is 2.60. The van der Waals surface area contributed by atoms with Gasteiger partial charge < -0.3 is 93.9 Å². The van der Waals surface area contributed by atoms with Crippen LogP contribution in [0.4, 0.5) is 61.5 Å². The Morgan fingerprint density at radius 1 is 0.382 bits per heavy atom. The zero-order valence-corrected chi connectivity index (χ0v) is 76.6. The van der Waals surface area contributed by atoms with Gasteiger partial charge in [0.1, 0.15) is 78.8 Å². The summed E-state index contributed by atoms with van der Waals surface area (Å²) in [6, 6.07) is 1.49. The van der Waals surface area contributed by atoms with Crippen molar-refractivity contribution < 1.29 is 152 Å². The molecule has 6 bridgehead atoms. The van der Waals surface area contributed by atoms with E-state index in [1.165, 1.54) is 51.0 Å². The lowest BCUT2D eigenvalue weighted by atomic mass is 10.1. The number of carbonyl (C=O) groups is 2. The normalized spacial score (nSPS) is 38.1. The number of ketones is 2. The molecule has 30 atom stereocenters. The Balaban J connectivity index is 0.000000135. The molecule has 0 saturated carbocycles. The van der Waals surface area contributed by atoms with E-state index in [-0.39, 0.29) is 123 Å². The first-order valence-electron chi connectivity index (χ1n) is 39.2. The third-order valence-corrected chi connectivity index (χ3v) is 30.9. The summed E-state index contributed by atoms with van der Waals surface area (Å²) in [7, 11) is -5.14. The van der Waals surface area contributed by atoms with Crippen molar-refractivity contribution in [2.75, 3.05) is 62.6 Å². The van der Waals surface area contributed by atoms with Gasteiger partial charge in [0.2, 0.25) is 17.8 Å². The number of H-pyrrole nitrogens is 3. The van der Waals surface area contributed by atoms with Gasteiger partial charge in [-0.2, -0.15) is 15.0 Å².